The lowest BCUT2D eigenvalue weighted by Crippen LogP contribution is -2.46. The molecule has 3 aliphatic heterocycles. The minimum absolute atomic E-state index is 0. The van der Waals surface area contributed by atoms with E-state index in [2.05, 4.69) is 20.8 Å². The van der Waals surface area contributed by atoms with E-state index in [1.807, 2.05) is 34.9 Å². The number of hydrogen-bond donors (Lipinski definition) is 1. The number of nitrogens with zero attached hydrogens (tertiary/aromatic N) is 4. The molecule has 2 atom stereocenters. The third kappa shape index (κ3) is 6.31. The highest BCUT2D eigenvalue weighted by Gasteiger charge is 2.34. The Morgan fingerprint density at radius 1 is 0.897 bits per heavy atom. The van der Waals surface area contributed by atoms with Crippen molar-refractivity contribution in [2.24, 2.45) is 5.92 Å². The summed E-state index contributed by atoms with van der Waals surface area (Å²) in [6, 6.07) is 14.8. The summed E-state index contributed by atoms with van der Waals surface area (Å²) in [5.41, 5.74) is 1.91. The van der Waals surface area contributed by atoms with E-state index in [-0.39, 0.29) is 36.1 Å². The standard InChI is InChI=1S/C28H31ClN4O4.2ClH/c29-21-4-6-22(7-5-21)32-10-8-30(9-11-32)18-26-28(36)25(34)13-23(37-26)17-31-14-19-12-20(16-31)24-2-1-3-27(35)33(24)15-19;;/h1-7,13,19-20,36H,8-12,14-18H2;2*1H/t19-,20+;;/m1../s1. The van der Waals surface area contributed by atoms with Crippen LogP contribution in [0.4, 0.5) is 5.69 Å². The number of benzene rings is 1. The Kier molecular flexibility index (Phi) is 9.34. The second-order valence-electron chi connectivity index (χ2n) is 10.5. The second-order valence-corrected chi connectivity index (χ2v) is 10.9. The van der Waals surface area contributed by atoms with Gasteiger partial charge in [0.05, 0.1) is 13.1 Å². The maximum Gasteiger partial charge on any atom is 0.250 e. The lowest BCUT2D eigenvalue weighted by molar-refractivity contribution is 0.105. The minimum Gasteiger partial charge on any atom is -0.502 e. The Balaban J connectivity index is 0.00000176. The van der Waals surface area contributed by atoms with Crippen LogP contribution >= 0.6 is 36.4 Å². The van der Waals surface area contributed by atoms with E-state index >= 15 is 0 Å². The number of rotatable bonds is 5. The number of halogens is 3. The van der Waals surface area contributed by atoms with Crippen LogP contribution in [0.25, 0.3) is 0 Å². The van der Waals surface area contributed by atoms with E-state index in [1.54, 1.807) is 6.07 Å². The normalized spacial score (nSPS) is 21.0. The SMILES string of the molecule is Cl.Cl.O=c1cc(CN2C[C@H]3C[C@@H](C2)c2cccc(=O)n2C3)oc(CN2CCN(c3ccc(Cl)cc3)CC2)c1O. The average Bonchev–Trinajstić information content (AvgIpc) is 2.89. The molecule has 0 amide bonds. The summed E-state index contributed by atoms with van der Waals surface area (Å²) >= 11 is 6.01. The van der Waals surface area contributed by atoms with E-state index in [1.165, 1.54) is 6.07 Å². The Labute approximate surface area is 244 Å². The smallest absolute Gasteiger partial charge is 0.250 e. The lowest BCUT2D eigenvalue weighted by Gasteiger charge is -2.42. The van der Waals surface area contributed by atoms with Gasteiger partial charge in [-0.2, -0.15) is 0 Å². The van der Waals surface area contributed by atoms with Crippen molar-refractivity contribution in [1.82, 2.24) is 14.4 Å². The van der Waals surface area contributed by atoms with Crippen molar-refractivity contribution in [3.8, 4) is 5.75 Å². The molecule has 2 saturated heterocycles. The van der Waals surface area contributed by atoms with Crippen molar-refractivity contribution in [3.63, 3.8) is 0 Å². The number of anilines is 1. The topological polar surface area (TPSA) is 82.2 Å². The molecular formula is C28H33Cl3N4O4. The summed E-state index contributed by atoms with van der Waals surface area (Å²) < 4.78 is 8.03. The Morgan fingerprint density at radius 2 is 1.64 bits per heavy atom. The first-order valence-corrected chi connectivity index (χ1v) is 13.3. The molecule has 11 heteroatoms. The fourth-order valence-electron chi connectivity index (χ4n) is 6.14. The number of piperidine rings is 1. The van der Waals surface area contributed by atoms with Crippen LogP contribution in [0.3, 0.4) is 0 Å². The number of aromatic hydroxyl groups is 1. The lowest BCUT2D eigenvalue weighted by atomic mass is 9.83. The van der Waals surface area contributed by atoms with Gasteiger partial charge in [-0.15, -0.1) is 24.8 Å². The molecule has 0 radical (unpaired) electrons. The molecule has 0 unspecified atom stereocenters. The van der Waals surface area contributed by atoms with Gasteiger partial charge in [0.1, 0.15) is 5.76 Å². The van der Waals surface area contributed by atoms with Crippen molar-refractivity contribution in [1.29, 1.82) is 0 Å². The minimum atomic E-state index is -0.398. The first kappa shape index (κ1) is 29.5. The summed E-state index contributed by atoms with van der Waals surface area (Å²) in [4.78, 5) is 31.7. The molecule has 2 aromatic heterocycles. The number of likely N-dealkylation sites (tertiary alicyclic amines) is 1. The fraction of sp³-hybridized carbons (Fsp3) is 0.429. The van der Waals surface area contributed by atoms with Crippen LogP contribution in [0, 0.1) is 5.92 Å². The Morgan fingerprint density at radius 3 is 2.38 bits per heavy atom. The van der Waals surface area contributed by atoms with Gasteiger partial charge in [0.25, 0.3) is 5.56 Å². The fourth-order valence-corrected chi connectivity index (χ4v) is 6.26. The average molecular weight is 596 g/mol. The van der Waals surface area contributed by atoms with Gasteiger partial charge in [-0.05, 0) is 42.7 Å². The molecule has 0 saturated carbocycles. The van der Waals surface area contributed by atoms with Crippen LogP contribution in [0.1, 0.15) is 29.6 Å². The maximum absolute atomic E-state index is 12.6. The molecule has 1 N–H and O–H groups in total. The van der Waals surface area contributed by atoms with Crippen molar-refractivity contribution >= 4 is 42.1 Å². The van der Waals surface area contributed by atoms with Gasteiger partial charge in [0.2, 0.25) is 11.2 Å². The molecule has 39 heavy (non-hydrogen) atoms. The largest absolute Gasteiger partial charge is 0.502 e. The predicted octanol–water partition coefficient (Wildman–Crippen LogP) is 3.95. The molecule has 6 rings (SSSR count). The maximum atomic E-state index is 12.6. The predicted molar refractivity (Wildman–Crippen MR) is 157 cm³/mol. The Bertz CT molecular complexity index is 1400. The summed E-state index contributed by atoms with van der Waals surface area (Å²) in [6.07, 6.45) is 1.08. The van der Waals surface area contributed by atoms with E-state index < -0.39 is 5.43 Å². The molecule has 210 valence electrons. The Hall–Kier alpha value is -2.49. The van der Waals surface area contributed by atoms with Crippen molar-refractivity contribution in [2.75, 3.05) is 44.2 Å². The third-order valence-electron chi connectivity index (χ3n) is 7.91. The quantitative estimate of drug-likeness (QED) is 0.479. The first-order chi connectivity index (χ1) is 17.9. The molecule has 0 aliphatic carbocycles. The summed E-state index contributed by atoms with van der Waals surface area (Å²) in [5, 5.41) is 11.2. The van der Waals surface area contributed by atoms with E-state index in [4.69, 9.17) is 16.0 Å². The number of fused-ring (bicyclic) bond motifs is 4. The highest BCUT2D eigenvalue weighted by molar-refractivity contribution is 6.30. The molecular weight excluding hydrogens is 563 g/mol. The van der Waals surface area contributed by atoms with Crippen molar-refractivity contribution < 1.29 is 9.52 Å². The van der Waals surface area contributed by atoms with Crippen LogP contribution in [-0.4, -0.2) is 58.7 Å². The number of piperazine rings is 1. The van der Waals surface area contributed by atoms with Crippen molar-refractivity contribution in [3.05, 3.63) is 91.3 Å². The van der Waals surface area contributed by atoms with Gasteiger partial charge in [-0.3, -0.25) is 19.4 Å². The van der Waals surface area contributed by atoms with Gasteiger partial charge >= 0.3 is 0 Å². The number of aromatic nitrogens is 1. The summed E-state index contributed by atoms with van der Waals surface area (Å²) in [6.45, 7) is 6.57. The molecule has 2 fully saturated rings. The van der Waals surface area contributed by atoms with Crippen LogP contribution in [-0.2, 0) is 19.6 Å². The van der Waals surface area contributed by atoms with Gasteiger partial charge in [0.15, 0.2) is 5.76 Å². The van der Waals surface area contributed by atoms with Crippen LogP contribution < -0.4 is 15.9 Å². The molecule has 3 aromatic rings. The summed E-state index contributed by atoms with van der Waals surface area (Å²) in [7, 11) is 0. The number of hydrogen-bond acceptors (Lipinski definition) is 7. The third-order valence-corrected chi connectivity index (χ3v) is 8.16. The van der Waals surface area contributed by atoms with Gasteiger partial charge in [-0.1, -0.05) is 17.7 Å². The molecule has 1 aromatic carbocycles. The highest BCUT2D eigenvalue weighted by Crippen LogP contribution is 2.35. The zero-order valence-electron chi connectivity index (χ0n) is 21.5. The van der Waals surface area contributed by atoms with E-state index in [0.29, 0.717) is 36.4 Å². The van der Waals surface area contributed by atoms with Crippen LogP contribution in [0.2, 0.25) is 5.02 Å². The first-order valence-electron chi connectivity index (χ1n) is 12.9. The van der Waals surface area contributed by atoms with Crippen LogP contribution in [0.15, 0.2) is 62.5 Å². The monoisotopic (exact) mass is 594 g/mol. The molecule has 2 bridgehead atoms. The molecule has 5 heterocycles. The summed E-state index contributed by atoms with van der Waals surface area (Å²) in [5.74, 6) is 1.29. The molecule has 0 spiro atoms. The highest BCUT2D eigenvalue weighted by atomic mass is 35.5. The molecule has 3 aliphatic rings. The van der Waals surface area contributed by atoms with Gasteiger partial charge in [0, 0.05) is 80.3 Å². The van der Waals surface area contributed by atoms with Gasteiger partial charge in [-0.25, -0.2) is 0 Å². The zero-order chi connectivity index (χ0) is 25.5. The van der Waals surface area contributed by atoms with E-state index in [0.717, 1.165) is 68.6 Å². The second kappa shape index (κ2) is 12.4. The number of pyridine rings is 1. The van der Waals surface area contributed by atoms with E-state index in [9.17, 15) is 14.7 Å². The van der Waals surface area contributed by atoms with Crippen molar-refractivity contribution in [2.45, 2.75) is 32.0 Å². The zero-order valence-corrected chi connectivity index (χ0v) is 23.9. The van der Waals surface area contributed by atoms with Gasteiger partial charge < -0.3 is 19.0 Å². The molecule has 8 nitrogen and oxygen atoms in total. The van der Waals surface area contributed by atoms with Crippen LogP contribution in [0.5, 0.6) is 5.75 Å².